The van der Waals surface area contributed by atoms with Crippen LogP contribution >= 0.6 is 15.9 Å². The van der Waals surface area contributed by atoms with Crippen LogP contribution in [0, 0.1) is 0 Å². The van der Waals surface area contributed by atoms with Crippen LogP contribution in [0.15, 0.2) is 20.0 Å². The Balaban J connectivity index is 2.89. The zero-order chi connectivity index (χ0) is 13.9. The van der Waals surface area contributed by atoms with Gasteiger partial charge in [0.2, 0.25) is 15.8 Å². The Morgan fingerprint density at radius 1 is 1.61 bits per heavy atom. The van der Waals surface area contributed by atoms with E-state index in [-0.39, 0.29) is 21.9 Å². The van der Waals surface area contributed by atoms with Crippen molar-refractivity contribution in [3.05, 3.63) is 16.5 Å². The van der Waals surface area contributed by atoms with Crippen LogP contribution in [0.3, 0.4) is 0 Å². The second-order valence-corrected chi connectivity index (χ2v) is 5.71. The summed E-state index contributed by atoms with van der Waals surface area (Å²) in [6, 6.07) is 1.00. The number of esters is 1. The molecule has 0 amide bonds. The first-order valence-electron chi connectivity index (χ1n) is 4.77. The Hall–Kier alpha value is -0.900. The lowest BCUT2D eigenvalue weighted by Crippen LogP contribution is -2.19. The summed E-state index contributed by atoms with van der Waals surface area (Å²) in [4.78, 5) is 11.3. The van der Waals surface area contributed by atoms with Crippen molar-refractivity contribution >= 4 is 31.9 Å². The number of rotatable bonds is 5. The Kier molecular flexibility index (Phi) is 4.91. The molecule has 0 spiro atoms. The molecule has 1 unspecified atom stereocenters. The molecule has 7 nitrogen and oxygen atoms in total. The summed E-state index contributed by atoms with van der Waals surface area (Å²) >= 11 is 2.86. The Morgan fingerprint density at radius 2 is 2.22 bits per heavy atom. The van der Waals surface area contributed by atoms with Crippen LogP contribution in [0.1, 0.15) is 17.5 Å². The van der Waals surface area contributed by atoms with Crippen molar-refractivity contribution in [2.45, 2.75) is 17.9 Å². The number of primary sulfonamides is 1. The van der Waals surface area contributed by atoms with Gasteiger partial charge < -0.3 is 13.9 Å². The summed E-state index contributed by atoms with van der Waals surface area (Å²) in [6.07, 6.45) is -0.482. The summed E-state index contributed by atoms with van der Waals surface area (Å²) in [5.41, 5.74) is 0. The molecule has 1 heterocycles. The molecule has 0 aliphatic carbocycles. The van der Waals surface area contributed by atoms with Crippen molar-refractivity contribution in [1.82, 2.24) is 0 Å². The fraction of sp³-hybridized carbons (Fsp3) is 0.444. The third-order valence-corrected chi connectivity index (χ3v) is 3.64. The normalized spacial score (nSPS) is 13.3. The molecule has 1 aromatic heterocycles. The maximum atomic E-state index is 11.6. The Morgan fingerprint density at radius 3 is 2.67 bits per heavy atom. The largest absolute Gasteiger partial charge is 0.454 e. The summed E-state index contributed by atoms with van der Waals surface area (Å²) in [7, 11) is -2.49. The van der Waals surface area contributed by atoms with Gasteiger partial charge in [-0.25, -0.2) is 18.4 Å². The summed E-state index contributed by atoms with van der Waals surface area (Å²) in [5, 5.41) is 4.93. The fourth-order valence-corrected chi connectivity index (χ4v) is 2.66. The van der Waals surface area contributed by atoms with Crippen LogP contribution in [-0.2, 0) is 19.5 Å². The van der Waals surface area contributed by atoms with Crippen molar-refractivity contribution in [3.63, 3.8) is 0 Å². The number of methoxy groups -OCH3 is 1. The second kappa shape index (κ2) is 5.83. The molecule has 0 bridgehead atoms. The van der Waals surface area contributed by atoms with Gasteiger partial charge in [-0.1, -0.05) is 0 Å². The topological polar surface area (TPSA) is 109 Å². The van der Waals surface area contributed by atoms with Crippen molar-refractivity contribution in [2.24, 2.45) is 5.14 Å². The van der Waals surface area contributed by atoms with Gasteiger partial charge in [0.1, 0.15) is 11.0 Å². The molecule has 0 saturated heterocycles. The van der Waals surface area contributed by atoms with Crippen LogP contribution in [0.25, 0.3) is 0 Å². The first-order chi connectivity index (χ1) is 8.25. The minimum absolute atomic E-state index is 0.142. The van der Waals surface area contributed by atoms with E-state index in [9.17, 15) is 13.2 Å². The van der Waals surface area contributed by atoms with Gasteiger partial charge in [-0.2, -0.15) is 0 Å². The lowest BCUT2D eigenvalue weighted by Gasteiger charge is -2.10. The average molecular weight is 342 g/mol. The quantitative estimate of drug-likeness (QED) is 0.796. The monoisotopic (exact) mass is 341 g/mol. The predicted molar refractivity (Wildman–Crippen MR) is 64.5 cm³/mol. The molecular weight excluding hydrogens is 330 g/mol. The Bertz CT molecular complexity index is 537. The lowest BCUT2D eigenvalue weighted by atomic mass is 10.4. The van der Waals surface area contributed by atoms with Crippen molar-refractivity contribution < 1.29 is 27.1 Å². The molecule has 1 aromatic rings. The smallest absolute Gasteiger partial charge is 0.374 e. The van der Waals surface area contributed by atoms with E-state index in [2.05, 4.69) is 15.9 Å². The van der Waals surface area contributed by atoms with E-state index in [0.717, 1.165) is 6.07 Å². The lowest BCUT2D eigenvalue weighted by molar-refractivity contribution is 0.00894. The van der Waals surface area contributed by atoms with Gasteiger partial charge in [0.15, 0.2) is 4.67 Å². The van der Waals surface area contributed by atoms with E-state index >= 15 is 0 Å². The molecular formula is C9H12BrNO6S. The Labute approximate surface area is 112 Å². The third-order valence-electron chi connectivity index (χ3n) is 1.87. The minimum Gasteiger partial charge on any atom is -0.454 e. The molecule has 1 atom stereocenters. The van der Waals surface area contributed by atoms with Crippen LogP contribution in [-0.4, -0.2) is 34.2 Å². The van der Waals surface area contributed by atoms with Gasteiger partial charge in [0, 0.05) is 13.2 Å². The number of ether oxygens (including phenoxy) is 2. The molecule has 1 rings (SSSR count). The van der Waals surface area contributed by atoms with Gasteiger partial charge in [0.25, 0.3) is 0 Å². The van der Waals surface area contributed by atoms with Crippen LogP contribution in [0.2, 0.25) is 0 Å². The van der Waals surface area contributed by atoms with Crippen molar-refractivity contribution in [1.29, 1.82) is 0 Å². The number of hydrogen-bond acceptors (Lipinski definition) is 6. The molecule has 2 N–H and O–H groups in total. The molecule has 0 radical (unpaired) electrons. The zero-order valence-electron chi connectivity index (χ0n) is 9.67. The van der Waals surface area contributed by atoms with Crippen molar-refractivity contribution in [2.75, 3.05) is 13.7 Å². The average Bonchev–Trinajstić information content (AvgIpc) is 2.60. The van der Waals surface area contributed by atoms with E-state index in [1.165, 1.54) is 7.11 Å². The SMILES string of the molecule is COCC(C)OC(=O)c1cc(S(N)(=O)=O)c(Br)o1. The van der Waals surface area contributed by atoms with Gasteiger partial charge >= 0.3 is 5.97 Å². The van der Waals surface area contributed by atoms with Crippen LogP contribution in [0.4, 0.5) is 0 Å². The highest BCUT2D eigenvalue weighted by Crippen LogP contribution is 2.25. The molecule has 18 heavy (non-hydrogen) atoms. The van der Waals surface area contributed by atoms with Crippen LogP contribution < -0.4 is 5.14 Å². The summed E-state index contributed by atoms with van der Waals surface area (Å²) in [5.74, 6) is -1.05. The number of halogens is 1. The molecule has 0 aliphatic rings. The summed E-state index contributed by atoms with van der Waals surface area (Å²) in [6.45, 7) is 1.84. The number of carbonyl (C=O) groups is 1. The summed E-state index contributed by atoms with van der Waals surface area (Å²) < 4.78 is 36.8. The number of nitrogens with two attached hydrogens (primary N) is 1. The second-order valence-electron chi connectivity index (χ2n) is 3.46. The van der Waals surface area contributed by atoms with E-state index < -0.39 is 22.1 Å². The number of hydrogen-bond donors (Lipinski definition) is 1. The minimum atomic E-state index is -3.96. The highest BCUT2D eigenvalue weighted by atomic mass is 79.9. The molecule has 0 saturated carbocycles. The van der Waals surface area contributed by atoms with Gasteiger partial charge in [-0.15, -0.1) is 0 Å². The first kappa shape index (κ1) is 15.2. The molecule has 0 fully saturated rings. The number of carbonyl (C=O) groups excluding carboxylic acids is 1. The highest BCUT2D eigenvalue weighted by molar-refractivity contribution is 9.10. The maximum absolute atomic E-state index is 11.6. The highest BCUT2D eigenvalue weighted by Gasteiger charge is 2.23. The third kappa shape index (κ3) is 3.80. The standard InChI is InChI=1S/C9H12BrNO6S/c1-5(4-15-2)16-9(12)6-3-7(8(10)17-6)18(11,13)14/h3,5H,4H2,1-2H3,(H2,11,13,14). The van der Waals surface area contributed by atoms with E-state index in [1.807, 2.05) is 0 Å². The molecule has 0 aliphatic heterocycles. The molecule has 102 valence electrons. The van der Waals surface area contributed by atoms with E-state index in [4.69, 9.17) is 19.0 Å². The van der Waals surface area contributed by atoms with Crippen LogP contribution in [0.5, 0.6) is 0 Å². The van der Waals surface area contributed by atoms with E-state index in [1.54, 1.807) is 6.92 Å². The maximum Gasteiger partial charge on any atom is 0.374 e. The van der Waals surface area contributed by atoms with Crippen molar-refractivity contribution in [3.8, 4) is 0 Å². The zero-order valence-corrected chi connectivity index (χ0v) is 12.1. The van der Waals surface area contributed by atoms with Gasteiger partial charge in [-0.05, 0) is 22.9 Å². The molecule has 0 aromatic carbocycles. The first-order valence-corrected chi connectivity index (χ1v) is 7.11. The van der Waals surface area contributed by atoms with Gasteiger partial charge in [0.05, 0.1) is 6.61 Å². The number of furan rings is 1. The van der Waals surface area contributed by atoms with E-state index in [0.29, 0.717) is 0 Å². The number of sulfonamides is 1. The van der Waals surface area contributed by atoms with Gasteiger partial charge in [-0.3, -0.25) is 0 Å². The predicted octanol–water partition coefficient (Wildman–Crippen LogP) is 0.881. The molecule has 9 heteroatoms. The fourth-order valence-electron chi connectivity index (χ4n) is 1.16.